The molecule has 1 aromatic carbocycles. The topological polar surface area (TPSA) is 106 Å². The van der Waals surface area contributed by atoms with Gasteiger partial charge in [-0.15, -0.1) is 0 Å². The van der Waals surface area contributed by atoms with Gasteiger partial charge in [0.05, 0.1) is 22.6 Å². The molecule has 178 valence electrons. The van der Waals surface area contributed by atoms with Gasteiger partial charge in [-0.25, -0.2) is 8.78 Å². The number of amides is 1. The molecule has 0 aliphatic heterocycles. The third-order valence-electron chi connectivity index (χ3n) is 7.16. The summed E-state index contributed by atoms with van der Waals surface area (Å²) in [5.74, 6) is -0.769. The van der Waals surface area contributed by atoms with E-state index in [1.807, 2.05) is 0 Å². The van der Waals surface area contributed by atoms with Crippen LogP contribution in [0.3, 0.4) is 0 Å². The molecule has 3 aromatic rings. The highest BCUT2D eigenvalue weighted by molar-refractivity contribution is 6.31. The van der Waals surface area contributed by atoms with Crippen LogP contribution in [0.5, 0.6) is 0 Å². The van der Waals surface area contributed by atoms with Crippen molar-refractivity contribution in [1.82, 2.24) is 14.8 Å². The van der Waals surface area contributed by atoms with Gasteiger partial charge in [0.15, 0.2) is 0 Å². The number of nitrogens with two attached hydrogens (primary N) is 1. The van der Waals surface area contributed by atoms with Crippen LogP contribution in [0.4, 0.5) is 20.3 Å². The molecule has 1 amide bonds. The van der Waals surface area contributed by atoms with Crippen LogP contribution < -0.4 is 11.1 Å². The molecule has 2 unspecified atom stereocenters. The van der Waals surface area contributed by atoms with E-state index >= 15 is 0 Å². The molecule has 0 radical (unpaired) electrons. The summed E-state index contributed by atoms with van der Waals surface area (Å²) in [4.78, 5) is 17.2. The van der Waals surface area contributed by atoms with Gasteiger partial charge in [-0.2, -0.15) is 5.10 Å². The monoisotopic (exact) mass is 487 g/mol. The first-order chi connectivity index (χ1) is 16.1. The lowest BCUT2D eigenvalue weighted by Gasteiger charge is -2.24. The average molecular weight is 488 g/mol. The predicted octanol–water partition coefficient (Wildman–Crippen LogP) is 4.37. The zero-order valence-corrected chi connectivity index (χ0v) is 19.2. The van der Waals surface area contributed by atoms with Crippen LogP contribution in [0.1, 0.15) is 53.3 Å². The second-order valence-corrected chi connectivity index (χ2v) is 9.75. The molecular weight excluding hydrogens is 464 g/mol. The number of aryl methyl sites for hydroxylation is 1. The van der Waals surface area contributed by atoms with E-state index in [2.05, 4.69) is 15.4 Å². The van der Waals surface area contributed by atoms with Crippen molar-refractivity contribution in [2.75, 3.05) is 11.1 Å². The fourth-order valence-electron chi connectivity index (χ4n) is 5.59. The van der Waals surface area contributed by atoms with Gasteiger partial charge in [0.1, 0.15) is 28.6 Å². The number of hydrogen-bond donors (Lipinski definition) is 3. The Balaban J connectivity index is 1.35. The normalized spacial score (nSPS) is 26.0. The number of carbonyl (C=O) groups excluding carboxylic acids is 1. The molecule has 4 N–H and O–H groups in total. The molecular formula is C24H24ClF2N5O2. The van der Waals surface area contributed by atoms with Gasteiger partial charge in [-0.05, 0) is 67.9 Å². The minimum atomic E-state index is -1.08. The quantitative estimate of drug-likeness (QED) is 0.506. The maximum Gasteiger partial charge on any atom is 0.261 e. The van der Waals surface area contributed by atoms with E-state index in [1.54, 1.807) is 7.05 Å². The Labute approximate surface area is 199 Å². The second-order valence-electron chi connectivity index (χ2n) is 9.34. The molecule has 0 spiro atoms. The van der Waals surface area contributed by atoms with E-state index in [0.29, 0.717) is 35.5 Å². The SMILES string of the molecule is Cn1nc(C2CC3CC(O)(c4ccc(F)cn4)CC3C2)c(C(=O)Nc2ccc(F)c(Cl)c2)c1N. The third-order valence-corrected chi connectivity index (χ3v) is 7.44. The number of halogens is 3. The van der Waals surface area contributed by atoms with E-state index in [9.17, 15) is 18.7 Å². The lowest BCUT2D eigenvalue weighted by molar-refractivity contribution is 0.0300. The molecule has 2 heterocycles. The predicted molar refractivity (Wildman–Crippen MR) is 123 cm³/mol. The maximum absolute atomic E-state index is 13.5. The van der Waals surface area contributed by atoms with E-state index in [4.69, 9.17) is 17.3 Å². The van der Waals surface area contributed by atoms with Gasteiger partial charge in [0.25, 0.3) is 5.91 Å². The Morgan fingerprint density at radius 2 is 1.94 bits per heavy atom. The third kappa shape index (κ3) is 3.92. The largest absolute Gasteiger partial charge is 0.384 e. The second kappa shape index (κ2) is 8.32. The minimum Gasteiger partial charge on any atom is -0.384 e. The van der Waals surface area contributed by atoms with Crippen LogP contribution in [0.25, 0.3) is 0 Å². The Morgan fingerprint density at radius 3 is 2.56 bits per heavy atom. The van der Waals surface area contributed by atoms with Gasteiger partial charge < -0.3 is 16.2 Å². The number of nitrogens with zero attached hydrogens (tertiary/aromatic N) is 3. The number of fused-ring (bicyclic) bond motifs is 1. The number of anilines is 2. The summed E-state index contributed by atoms with van der Waals surface area (Å²) >= 11 is 5.83. The van der Waals surface area contributed by atoms with Crippen molar-refractivity contribution in [3.63, 3.8) is 0 Å². The fraction of sp³-hybridized carbons (Fsp3) is 0.375. The standard InChI is InChI=1S/C24H24ClF2N5O2/c1-32-22(28)20(23(33)30-16-3-4-18(27)17(25)8-16)21(31-32)12-6-13-9-24(34,10-14(13)7-12)19-5-2-15(26)11-29-19/h2-5,8,11-14,34H,6-7,9-10,28H2,1H3,(H,30,33). The highest BCUT2D eigenvalue weighted by Gasteiger charge is 2.51. The molecule has 34 heavy (non-hydrogen) atoms. The number of benzene rings is 1. The first kappa shape index (κ1) is 22.7. The lowest BCUT2D eigenvalue weighted by Crippen LogP contribution is -2.24. The number of aromatic nitrogens is 3. The van der Waals surface area contributed by atoms with Crippen LogP contribution in [0.15, 0.2) is 36.5 Å². The van der Waals surface area contributed by atoms with Crippen molar-refractivity contribution in [2.45, 2.75) is 37.2 Å². The van der Waals surface area contributed by atoms with Gasteiger partial charge in [0, 0.05) is 18.7 Å². The summed E-state index contributed by atoms with van der Waals surface area (Å²) in [5, 5.41) is 18.4. The first-order valence-corrected chi connectivity index (χ1v) is 11.5. The Morgan fingerprint density at radius 1 is 1.24 bits per heavy atom. The average Bonchev–Trinajstić information content (AvgIpc) is 3.41. The summed E-state index contributed by atoms with van der Waals surface area (Å²) < 4.78 is 28.2. The molecule has 7 nitrogen and oxygen atoms in total. The molecule has 5 rings (SSSR count). The number of rotatable bonds is 4. The highest BCUT2D eigenvalue weighted by atomic mass is 35.5. The lowest BCUT2D eigenvalue weighted by atomic mass is 9.89. The van der Waals surface area contributed by atoms with Gasteiger partial charge in [-0.3, -0.25) is 14.5 Å². The minimum absolute atomic E-state index is 0.00165. The van der Waals surface area contributed by atoms with E-state index in [1.165, 1.54) is 35.0 Å². The molecule has 2 aliphatic carbocycles. The van der Waals surface area contributed by atoms with Gasteiger partial charge in [0.2, 0.25) is 0 Å². The van der Waals surface area contributed by atoms with Crippen molar-refractivity contribution in [3.05, 3.63) is 70.1 Å². The smallest absolute Gasteiger partial charge is 0.261 e. The molecule has 10 heteroatoms. The Kier molecular flexibility index (Phi) is 5.56. The van der Waals surface area contributed by atoms with Gasteiger partial charge in [-0.1, -0.05) is 11.6 Å². The van der Waals surface area contributed by atoms with E-state index < -0.39 is 23.1 Å². The highest BCUT2D eigenvalue weighted by Crippen LogP contribution is 2.56. The van der Waals surface area contributed by atoms with Crippen molar-refractivity contribution < 1.29 is 18.7 Å². The number of pyridine rings is 1. The number of carbonyl (C=O) groups is 1. The van der Waals surface area contributed by atoms with Crippen LogP contribution >= 0.6 is 11.6 Å². The molecule has 2 saturated carbocycles. The van der Waals surface area contributed by atoms with E-state index in [-0.39, 0.29) is 28.6 Å². The van der Waals surface area contributed by atoms with Crippen molar-refractivity contribution in [2.24, 2.45) is 18.9 Å². The number of hydrogen-bond acceptors (Lipinski definition) is 5. The molecule has 2 fully saturated rings. The first-order valence-electron chi connectivity index (χ1n) is 11.1. The van der Waals surface area contributed by atoms with E-state index in [0.717, 1.165) is 19.0 Å². The van der Waals surface area contributed by atoms with Gasteiger partial charge >= 0.3 is 0 Å². The van der Waals surface area contributed by atoms with Crippen LogP contribution in [-0.4, -0.2) is 25.8 Å². The Bertz CT molecular complexity index is 1250. The summed E-state index contributed by atoms with van der Waals surface area (Å²) in [5.41, 5.74) is 6.87. The van der Waals surface area contributed by atoms with Crippen LogP contribution in [0.2, 0.25) is 5.02 Å². The van der Waals surface area contributed by atoms with Crippen molar-refractivity contribution in [1.29, 1.82) is 0 Å². The molecule has 2 aliphatic rings. The summed E-state index contributed by atoms with van der Waals surface area (Å²) in [6.45, 7) is 0. The molecule has 0 saturated heterocycles. The summed E-state index contributed by atoms with van der Waals surface area (Å²) in [6, 6.07) is 6.80. The van der Waals surface area contributed by atoms with Crippen LogP contribution in [0, 0.1) is 23.5 Å². The number of nitrogen functional groups attached to an aromatic ring is 1. The fourth-order valence-corrected chi connectivity index (χ4v) is 5.77. The van der Waals surface area contributed by atoms with Crippen molar-refractivity contribution >= 4 is 29.0 Å². The number of aliphatic hydroxyl groups is 1. The zero-order valence-electron chi connectivity index (χ0n) is 18.4. The zero-order chi connectivity index (χ0) is 24.2. The summed E-state index contributed by atoms with van der Waals surface area (Å²) in [6.07, 6.45) is 3.65. The van der Waals surface area contributed by atoms with Crippen LogP contribution in [-0.2, 0) is 12.6 Å². The maximum atomic E-state index is 13.5. The summed E-state index contributed by atoms with van der Waals surface area (Å²) in [7, 11) is 1.68. The molecule has 2 aromatic heterocycles. The molecule has 0 bridgehead atoms. The number of nitrogens with one attached hydrogen (secondary N) is 1. The van der Waals surface area contributed by atoms with Crippen molar-refractivity contribution in [3.8, 4) is 0 Å². The Hall–Kier alpha value is -3.04. The molecule has 2 atom stereocenters.